The first-order valence-electron chi connectivity index (χ1n) is 4.60. The standard InChI is InChI=1S/C11H6BrF3N2/c12-9-2-1-3-10(17-9)16-6-4-7(13)11(15)8(14)5-6/h1-5H,(H,16,17). The maximum absolute atomic E-state index is 12.9. The van der Waals surface area contributed by atoms with Gasteiger partial charge in [0.1, 0.15) is 10.4 Å². The molecule has 0 saturated heterocycles. The third kappa shape index (κ3) is 2.76. The second-order valence-corrected chi connectivity index (χ2v) is 4.04. The van der Waals surface area contributed by atoms with Crippen molar-refractivity contribution < 1.29 is 13.2 Å². The molecule has 0 fully saturated rings. The van der Waals surface area contributed by atoms with Crippen molar-refractivity contribution >= 4 is 27.4 Å². The van der Waals surface area contributed by atoms with Crippen LogP contribution in [0.1, 0.15) is 0 Å². The normalized spacial score (nSPS) is 10.4. The fourth-order valence-electron chi connectivity index (χ4n) is 1.25. The Balaban J connectivity index is 2.31. The fraction of sp³-hybridized carbons (Fsp3) is 0. The van der Waals surface area contributed by atoms with Gasteiger partial charge in [0.05, 0.1) is 0 Å². The molecule has 1 aromatic carbocycles. The number of nitrogens with zero attached hydrogens (tertiary/aromatic N) is 1. The zero-order chi connectivity index (χ0) is 12.4. The minimum atomic E-state index is -1.49. The Bertz CT molecular complexity index is 537. The summed E-state index contributed by atoms with van der Waals surface area (Å²) in [6, 6.07) is 6.75. The molecular formula is C11H6BrF3N2. The second-order valence-electron chi connectivity index (χ2n) is 3.22. The van der Waals surface area contributed by atoms with Gasteiger partial charge in [0.2, 0.25) is 0 Å². The van der Waals surface area contributed by atoms with Gasteiger partial charge in [-0.2, -0.15) is 0 Å². The largest absolute Gasteiger partial charge is 0.340 e. The summed E-state index contributed by atoms with van der Waals surface area (Å²) in [6.07, 6.45) is 0. The Kier molecular flexibility index (Phi) is 3.33. The van der Waals surface area contributed by atoms with Crippen molar-refractivity contribution in [1.82, 2.24) is 4.98 Å². The van der Waals surface area contributed by atoms with E-state index in [9.17, 15) is 13.2 Å². The maximum atomic E-state index is 12.9. The first-order valence-corrected chi connectivity index (χ1v) is 5.39. The number of nitrogens with one attached hydrogen (secondary N) is 1. The van der Waals surface area contributed by atoms with Gasteiger partial charge in [0.25, 0.3) is 0 Å². The summed E-state index contributed by atoms with van der Waals surface area (Å²) in [6.45, 7) is 0. The van der Waals surface area contributed by atoms with Crippen molar-refractivity contribution in [2.45, 2.75) is 0 Å². The van der Waals surface area contributed by atoms with Crippen molar-refractivity contribution in [3.8, 4) is 0 Å². The second kappa shape index (κ2) is 4.75. The molecule has 0 unspecified atom stereocenters. The van der Waals surface area contributed by atoms with E-state index in [1.807, 2.05) is 0 Å². The number of aromatic nitrogens is 1. The number of benzene rings is 1. The van der Waals surface area contributed by atoms with Gasteiger partial charge >= 0.3 is 0 Å². The van der Waals surface area contributed by atoms with Gasteiger partial charge in [0, 0.05) is 17.8 Å². The predicted octanol–water partition coefficient (Wildman–Crippen LogP) is 4.01. The summed E-state index contributed by atoms with van der Waals surface area (Å²) in [5.41, 5.74) is 0.0898. The van der Waals surface area contributed by atoms with Crippen LogP contribution in [0.4, 0.5) is 24.7 Å². The highest BCUT2D eigenvalue weighted by molar-refractivity contribution is 9.10. The Hall–Kier alpha value is -1.56. The van der Waals surface area contributed by atoms with Crippen LogP contribution in [-0.2, 0) is 0 Å². The first-order chi connectivity index (χ1) is 8.06. The minimum Gasteiger partial charge on any atom is -0.340 e. The van der Waals surface area contributed by atoms with E-state index in [1.165, 1.54) is 0 Å². The lowest BCUT2D eigenvalue weighted by molar-refractivity contribution is 0.448. The summed E-state index contributed by atoms with van der Waals surface area (Å²) in [5.74, 6) is -3.59. The third-order valence-electron chi connectivity index (χ3n) is 1.97. The molecule has 0 amide bonds. The Labute approximate surface area is 104 Å². The van der Waals surface area contributed by atoms with Crippen molar-refractivity contribution in [1.29, 1.82) is 0 Å². The molecule has 1 aromatic heterocycles. The number of rotatable bonds is 2. The van der Waals surface area contributed by atoms with E-state index in [0.717, 1.165) is 12.1 Å². The molecule has 0 saturated carbocycles. The molecule has 0 aliphatic rings. The molecule has 1 N–H and O–H groups in total. The summed E-state index contributed by atoms with van der Waals surface area (Å²) >= 11 is 3.16. The molecule has 2 rings (SSSR count). The molecule has 0 radical (unpaired) electrons. The molecule has 0 aliphatic heterocycles. The average molecular weight is 303 g/mol. The van der Waals surface area contributed by atoms with E-state index in [1.54, 1.807) is 18.2 Å². The Morgan fingerprint density at radius 3 is 2.29 bits per heavy atom. The molecular weight excluding hydrogens is 297 g/mol. The zero-order valence-electron chi connectivity index (χ0n) is 8.35. The molecule has 88 valence electrons. The average Bonchev–Trinajstić information content (AvgIpc) is 2.26. The highest BCUT2D eigenvalue weighted by Crippen LogP contribution is 2.21. The van der Waals surface area contributed by atoms with Crippen LogP contribution in [0, 0.1) is 17.5 Å². The molecule has 1 heterocycles. The van der Waals surface area contributed by atoms with Gasteiger partial charge in [-0.15, -0.1) is 0 Å². The molecule has 0 atom stereocenters. The predicted molar refractivity (Wildman–Crippen MR) is 61.5 cm³/mol. The van der Waals surface area contributed by atoms with E-state index in [-0.39, 0.29) is 5.69 Å². The van der Waals surface area contributed by atoms with Gasteiger partial charge in [-0.05, 0) is 28.1 Å². The lowest BCUT2D eigenvalue weighted by Gasteiger charge is -2.06. The van der Waals surface area contributed by atoms with Crippen LogP contribution < -0.4 is 5.32 Å². The number of hydrogen-bond acceptors (Lipinski definition) is 2. The van der Waals surface area contributed by atoms with Gasteiger partial charge in [0.15, 0.2) is 17.5 Å². The molecule has 6 heteroatoms. The van der Waals surface area contributed by atoms with Crippen LogP contribution in [0.2, 0.25) is 0 Å². The zero-order valence-corrected chi connectivity index (χ0v) is 9.93. The quantitative estimate of drug-likeness (QED) is 0.670. The van der Waals surface area contributed by atoms with Crippen LogP contribution in [0.15, 0.2) is 34.9 Å². The lowest BCUT2D eigenvalue weighted by atomic mass is 10.3. The van der Waals surface area contributed by atoms with Gasteiger partial charge in [-0.25, -0.2) is 18.2 Å². The van der Waals surface area contributed by atoms with Gasteiger partial charge in [-0.3, -0.25) is 0 Å². The molecule has 2 nitrogen and oxygen atoms in total. The fourth-order valence-corrected chi connectivity index (χ4v) is 1.60. The number of pyridine rings is 1. The van der Waals surface area contributed by atoms with Crippen LogP contribution in [0.25, 0.3) is 0 Å². The molecule has 0 spiro atoms. The van der Waals surface area contributed by atoms with E-state index in [4.69, 9.17) is 0 Å². The van der Waals surface area contributed by atoms with Crippen LogP contribution in [-0.4, -0.2) is 4.98 Å². The van der Waals surface area contributed by atoms with Crippen molar-refractivity contribution in [3.63, 3.8) is 0 Å². The van der Waals surface area contributed by atoms with E-state index in [2.05, 4.69) is 26.2 Å². The molecule has 17 heavy (non-hydrogen) atoms. The van der Waals surface area contributed by atoms with Crippen LogP contribution in [0.5, 0.6) is 0 Å². The van der Waals surface area contributed by atoms with Crippen molar-refractivity contribution in [3.05, 3.63) is 52.4 Å². The summed E-state index contributed by atoms with van der Waals surface area (Å²) in [4.78, 5) is 4.02. The minimum absolute atomic E-state index is 0.0898. The molecule has 2 aromatic rings. The molecule has 0 aliphatic carbocycles. The summed E-state index contributed by atoms with van der Waals surface area (Å²) in [7, 11) is 0. The van der Waals surface area contributed by atoms with Gasteiger partial charge in [-0.1, -0.05) is 6.07 Å². The number of anilines is 2. The van der Waals surface area contributed by atoms with E-state index >= 15 is 0 Å². The summed E-state index contributed by atoms with van der Waals surface area (Å²) in [5, 5.41) is 2.67. The highest BCUT2D eigenvalue weighted by atomic mass is 79.9. The van der Waals surface area contributed by atoms with Gasteiger partial charge < -0.3 is 5.32 Å². The van der Waals surface area contributed by atoms with E-state index in [0.29, 0.717) is 10.4 Å². The Morgan fingerprint density at radius 2 is 1.71 bits per heavy atom. The highest BCUT2D eigenvalue weighted by Gasteiger charge is 2.10. The first kappa shape index (κ1) is 11.9. The number of halogens is 4. The SMILES string of the molecule is Fc1cc(Nc2cccc(Br)n2)cc(F)c1F. The summed E-state index contributed by atoms with van der Waals surface area (Å²) < 4.78 is 39.2. The number of hydrogen-bond donors (Lipinski definition) is 1. The van der Waals surface area contributed by atoms with E-state index < -0.39 is 17.5 Å². The Morgan fingerprint density at radius 1 is 1.06 bits per heavy atom. The topological polar surface area (TPSA) is 24.9 Å². The third-order valence-corrected chi connectivity index (χ3v) is 2.41. The van der Waals surface area contributed by atoms with Crippen molar-refractivity contribution in [2.24, 2.45) is 0 Å². The lowest BCUT2D eigenvalue weighted by Crippen LogP contribution is -1.97. The maximum Gasteiger partial charge on any atom is 0.194 e. The monoisotopic (exact) mass is 302 g/mol. The van der Waals surface area contributed by atoms with Crippen LogP contribution >= 0.6 is 15.9 Å². The van der Waals surface area contributed by atoms with Crippen LogP contribution in [0.3, 0.4) is 0 Å². The smallest absolute Gasteiger partial charge is 0.194 e. The van der Waals surface area contributed by atoms with Crippen molar-refractivity contribution in [2.75, 3.05) is 5.32 Å². The molecule has 0 bridgehead atoms.